The van der Waals surface area contributed by atoms with Gasteiger partial charge >= 0.3 is 0 Å². The molecule has 6 heteroatoms. The highest BCUT2D eigenvalue weighted by molar-refractivity contribution is 7.98. The van der Waals surface area contributed by atoms with Gasteiger partial charge in [0.05, 0.1) is 10.7 Å². The number of thiazole rings is 1. The quantitative estimate of drug-likeness (QED) is 0.376. The van der Waals surface area contributed by atoms with Gasteiger partial charge in [0.25, 0.3) is 0 Å². The number of hydrogen-bond donors (Lipinski definition) is 2. The SMILES string of the molecule is CCNC(=NCCCc1nc2c(s1)CCCC2)NCCCCSC. The van der Waals surface area contributed by atoms with E-state index in [9.17, 15) is 0 Å². The van der Waals surface area contributed by atoms with Gasteiger partial charge in [0.2, 0.25) is 0 Å². The average Bonchev–Trinajstić information content (AvgIpc) is 3.01. The molecular weight excluding hydrogens is 336 g/mol. The zero-order chi connectivity index (χ0) is 17.0. The van der Waals surface area contributed by atoms with E-state index in [2.05, 4.69) is 23.8 Å². The Kier molecular flexibility index (Phi) is 9.58. The molecule has 0 atom stereocenters. The lowest BCUT2D eigenvalue weighted by Gasteiger charge is -2.10. The molecule has 0 radical (unpaired) electrons. The molecule has 0 saturated heterocycles. The molecule has 136 valence electrons. The Morgan fingerprint density at radius 3 is 2.88 bits per heavy atom. The fourth-order valence-electron chi connectivity index (χ4n) is 2.85. The molecule has 0 aliphatic heterocycles. The van der Waals surface area contributed by atoms with E-state index in [1.807, 2.05) is 23.1 Å². The molecule has 4 nitrogen and oxygen atoms in total. The van der Waals surface area contributed by atoms with Crippen LogP contribution >= 0.6 is 23.1 Å². The first kappa shape index (κ1) is 19.6. The first-order valence-corrected chi connectivity index (χ1v) is 11.5. The van der Waals surface area contributed by atoms with Crippen LogP contribution in [0.4, 0.5) is 0 Å². The minimum Gasteiger partial charge on any atom is -0.357 e. The number of aliphatic imine (C=N–C) groups is 1. The molecule has 0 fully saturated rings. The number of aromatic nitrogens is 1. The van der Waals surface area contributed by atoms with E-state index in [-0.39, 0.29) is 0 Å². The van der Waals surface area contributed by atoms with Gasteiger partial charge in [-0.2, -0.15) is 11.8 Å². The first-order valence-electron chi connectivity index (χ1n) is 9.32. The fourth-order valence-corrected chi connectivity index (χ4v) is 4.54. The van der Waals surface area contributed by atoms with Crippen LogP contribution in [0.1, 0.15) is 54.6 Å². The summed E-state index contributed by atoms with van der Waals surface area (Å²) in [5.74, 6) is 2.20. The molecule has 24 heavy (non-hydrogen) atoms. The molecule has 0 spiro atoms. The van der Waals surface area contributed by atoms with Gasteiger partial charge in [-0.1, -0.05) is 0 Å². The monoisotopic (exact) mass is 368 g/mol. The summed E-state index contributed by atoms with van der Waals surface area (Å²) in [6, 6.07) is 0. The Morgan fingerprint density at radius 1 is 1.21 bits per heavy atom. The van der Waals surface area contributed by atoms with E-state index >= 15 is 0 Å². The molecule has 2 rings (SSSR count). The highest BCUT2D eigenvalue weighted by Crippen LogP contribution is 2.27. The molecule has 0 bridgehead atoms. The molecule has 1 aromatic rings. The zero-order valence-corrected chi connectivity index (χ0v) is 16.8. The minimum absolute atomic E-state index is 0.865. The number of aryl methyl sites for hydroxylation is 3. The maximum absolute atomic E-state index is 4.82. The van der Waals surface area contributed by atoms with Crippen LogP contribution in [0.25, 0.3) is 0 Å². The summed E-state index contributed by atoms with van der Waals surface area (Å²) in [6.07, 6.45) is 11.9. The molecule has 1 aromatic heterocycles. The molecule has 2 N–H and O–H groups in total. The summed E-state index contributed by atoms with van der Waals surface area (Å²) in [7, 11) is 0. The van der Waals surface area contributed by atoms with E-state index in [0.717, 1.165) is 38.4 Å². The number of guanidine groups is 1. The van der Waals surface area contributed by atoms with Crippen molar-refractivity contribution in [3.63, 3.8) is 0 Å². The summed E-state index contributed by atoms with van der Waals surface area (Å²) in [4.78, 5) is 11.1. The van der Waals surface area contributed by atoms with Gasteiger partial charge in [0.15, 0.2) is 5.96 Å². The van der Waals surface area contributed by atoms with Gasteiger partial charge in [0, 0.05) is 30.9 Å². The van der Waals surface area contributed by atoms with Gasteiger partial charge in [-0.3, -0.25) is 4.99 Å². The highest BCUT2D eigenvalue weighted by Gasteiger charge is 2.14. The van der Waals surface area contributed by atoms with Crippen LogP contribution in [0.2, 0.25) is 0 Å². The lowest BCUT2D eigenvalue weighted by atomic mass is 10.0. The largest absolute Gasteiger partial charge is 0.357 e. The van der Waals surface area contributed by atoms with Crippen molar-refractivity contribution in [2.45, 2.75) is 58.3 Å². The van der Waals surface area contributed by atoms with Crippen LogP contribution in [-0.2, 0) is 19.3 Å². The van der Waals surface area contributed by atoms with Crippen LogP contribution < -0.4 is 10.6 Å². The van der Waals surface area contributed by atoms with E-state index < -0.39 is 0 Å². The zero-order valence-electron chi connectivity index (χ0n) is 15.2. The van der Waals surface area contributed by atoms with E-state index in [4.69, 9.17) is 9.98 Å². The Morgan fingerprint density at radius 2 is 2.08 bits per heavy atom. The first-order chi connectivity index (χ1) is 11.8. The molecule has 0 unspecified atom stereocenters. The predicted molar refractivity (Wildman–Crippen MR) is 109 cm³/mol. The number of hydrogen-bond acceptors (Lipinski definition) is 4. The molecule has 1 aliphatic carbocycles. The standard InChI is InChI=1S/C18H32N4S2/c1-3-19-18(20-12-6-7-14-23-2)21-13-8-11-17-22-15-9-4-5-10-16(15)24-17/h3-14H2,1-2H3,(H2,19,20,21). The molecule has 1 heterocycles. The smallest absolute Gasteiger partial charge is 0.191 e. The lowest BCUT2D eigenvalue weighted by molar-refractivity contribution is 0.679. The van der Waals surface area contributed by atoms with Crippen molar-refractivity contribution in [3.8, 4) is 0 Å². The lowest BCUT2D eigenvalue weighted by Crippen LogP contribution is -2.37. The van der Waals surface area contributed by atoms with Crippen LogP contribution in [0.5, 0.6) is 0 Å². The number of rotatable bonds is 10. The maximum Gasteiger partial charge on any atom is 0.191 e. The molecule has 0 aromatic carbocycles. The van der Waals surface area contributed by atoms with E-state index in [1.165, 1.54) is 55.0 Å². The molecule has 1 aliphatic rings. The van der Waals surface area contributed by atoms with Gasteiger partial charge in [-0.15, -0.1) is 11.3 Å². The van der Waals surface area contributed by atoms with Crippen molar-refractivity contribution in [3.05, 3.63) is 15.6 Å². The summed E-state index contributed by atoms with van der Waals surface area (Å²) < 4.78 is 0. The number of thioether (sulfide) groups is 1. The van der Waals surface area contributed by atoms with Crippen molar-refractivity contribution < 1.29 is 0 Å². The van der Waals surface area contributed by atoms with Gasteiger partial charge in [-0.05, 0) is 63.9 Å². The number of nitrogens with zero attached hydrogens (tertiary/aromatic N) is 2. The van der Waals surface area contributed by atoms with Crippen molar-refractivity contribution in [1.29, 1.82) is 0 Å². The maximum atomic E-state index is 4.82. The number of unbranched alkanes of at least 4 members (excludes halogenated alkanes) is 1. The van der Waals surface area contributed by atoms with Gasteiger partial charge < -0.3 is 10.6 Å². The third-order valence-corrected chi connectivity index (χ3v) is 6.03. The number of nitrogens with one attached hydrogen (secondary N) is 2. The Labute approximate surface area is 155 Å². The third-order valence-electron chi connectivity index (χ3n) is 4.12. The summed E-state index contributed by atoms with van der Waals surface area (Å²) in [5.41, 5.74) is 1.38. The average molecular weight is 369 g/mol. The van der Waals surface area contributed by atoms with Crippen LogP contribution in [0, 0.1) is 0 Å². The Balaban J connectivity index is 1.68. The predicted octanol–water partition coefficient (Wildman–Crippen LogP) is 3.65. The van der Waals surface area contributed by atoms with E-state index in [0.29, 0.717) is 0 Å². The second-order valence-corrected chi connectivity index (χ2v) is 8.33. The highest BCUT2D eigenvalue weighted by atomic mass is 32.2. The van der Waals surface area contributed by atoms with Crippen LogP contribution in [0.3, 0.4) is 0 Å². The van der Waals surface area contributed by atoms with Crippen molar-refractivity contribution in [1.82, 2.24) is 15.6 Å². The fraction of sp³-hybridized carbons (Fsp3) is 0.778. The van der Waals surface area contributed by atoms with Crippen LogP contribution in [-0.4, -0.2) is 42.6 Å². The summed E-state index contributed by atoms with van der Waals surface area (Å²) in [6.45, 7) is 4.90. The third kappa shape index (κ3) is 7.01. The molecule has 0 amide bonds. The number of fused-ring (bicyclic) bond motifs is 1. The molecular formula is C18H32N4S2. The van der Waals surface area contributed by atoms with Gasteiger partial charge in [0.1, 0.15) is 0 Å². The topological polar surface area (TPSA) is 49.3 Å². The van der Waals surface area contributed by atoms with Crippen molar-refractivity contribution in [2.75, 3.05) is 31.6 Å². The summed E-state index contributed by atoms with van der Waals surface area (Å²) in [5, 5.41) is 8.08. The molecule has 0 saturated carbocycles. The Bertz CT molecular complexity index is 476. The minimum atomic E-state index is 0.865. The second-order valence-electron chi connectivity index (χ2n) is 6.18. The van der Waals surface area contributed by atoms with Crippen molar-refractivity contribution >= 4 is 29.1 Å². The summed E-state index contributed by atoms with van der Waals surface area (Å²) >= 11 is 3.85. The van der Waals surface area contributed by atoms with Crippen LogP contribution in [0.15, 0.2) is 4.99 Å². The Hall–Kier alpha value is -0.750. The van der Waals surface area contributed by atoms with Crippen molar-refractivity contribution in [2.24, 2.45) is 4.99 Å². The van der Waals surface area contributed by atoms with Gasteiger partial charge in [-0.25, -0.2) is 4.98 Å². The van der Waals surface area contributed by atoms with E-state index in [1.54, 1.807) is 4.88 Å². The normalized spacial score (nSPS) is 14.5. The second kappa shape index (κ2) is 11.7.